The van der Waals surface area contributed by atoms with Gasteiger partial charge < -0.3 is 35.6 Å². The molecule has 0 atom stereocenters. The van der Waals surface area contributed by atoms with Crippen LogP contribution >= 0.6 is 0 Å². The molecule has 1 aliphatic rings. The van der Waals surface area contributed by atoms with Crippen molar-refractivity contribution in [2.24, 2.45) is 0 Å². The van der Waals surface area contributed by atoms with Crippen molar-refractivity contribution in [1.29, 1.82) is 0 Å². The minimum Gasteiger partial charge on any atom is -0.496 e. The Labute approximate surface area is 242 Å². The van der Waals surface area contributed by atoms with E-state index in [1.165, 1.54) is 44.6 Å². The first-order valence-corrected chi connectivity index (χ1v) is 13.7. The highest BCUT2D eigenvalue weighted by atomic mass is 19.4. The third-order valence-electron chi connectivity index (χ3n) is 6.57. The Hall–Kier alpha value is -4.45. The Bertz CT molecular complexity index is 1360. The van der Waals surface area contributed by atoms with Gasteiger partial charge in [0.2, 0.25) is 0 Å². The van der Waals surface area contributed by atoms with Crippen LogP contribution in [0, 0.1) is 0 Å². The van der Waals surface area contributed by atoms with Crippen LogP contribution in [0.25, 0.3) is 0 Å². The third-order valence-corrected chi connectivity index (χ3v) is 6.57. The van der Waals surface area contributed by atoms with Crippen molar-refractivity contribution in [3.8, 4) is 11.5 Å². The zero-order valence-electron chi connectivity index (χ0n) is 23.2. The number of hydrogen-bond donors (Lipinski definition) is 4. The minimum atomic E-state index is -4.79. The summed E-state index contributed by atoms with van der Waals surface area (Å²) in [6.45, 7) is 3.75. The van der Waals surface area contributed by atoms with E-state index in [1.54, 1.807) is 48.5 Å². The molecule has 0 radical (unpaired) electrons. The van der Waals surface area contributed by atoms with Gasteiger partial charge in [-0.2, -0.15) is 0 Å². The molecular weight excluding hydrogens is 551 g/mol. The van der Waals surface area contributed by atoms with Crippen molar-refractivity contribution in [1.82, 2.24) is 10.2 Å². The summed E-state index contributed by atoms with van der Waals surface area (Å²) in [7, 11) is 1.45. The third kappa shape index (κ3) is 9.58. The van der Waals surface area contributed by atoms with Crippen molar-refractivity contribution in [2.75, 3.05) is 49.2 Å². The first kappa shape index (κ1) is 30.5. The number of halogens is 3. The molecule has 3 aromatic rings. The summed E-state index contributed by atoms with van der Waals surface area (Å²) in [5.41, 5.74) is 2.13. The van der Waals surface area contributed by atoms with Crippen molar-refractivity contribution < 1.29 is 32.2 Å². The Morgan fingerprint density at radius 2 is 1.52 bits per heavy atom. The predicted molar refractivity (Wildman–Crippen MR) is 156 cm³/mol. The first-order valence-electron chi connectivity index (χ1n) is 13.7. The molecule has 1 saturated heterocycles. The number of benzene rings is 3. The fraction of sp³-hybridized carbons (Fsp3) is 0.333. The second-order valence-corrected chi connectivity index (χ2v) is 9.79. The van der Waals surface area contributed by atoms with Crippen LogP contribution in [0.5, 0.6) is 11.5 Å². The number of amides is 3. The lowest BCUT2D eigenvalue weighted by atomic mass is 10.1. The van der Waals surface area contributed by atoms with E-state index in [2.05, 4.69) is 30.9 Å². The molecule has 0 bridgehead atoms. The van der Waals surface area contributed by atoms with Crippen LogP contribution in [0.2, 0.25) is 0 Å². The molecule has 0 unspecified atom stereocenters. The molecule has 0 spiro atoms. The Balaban J connectivity index is 1.29. The summed E-state index contributed by atoms with van der Waals surface area (Å²) in [5, 5.41) is 11.3. The number of methoxy groups -OCH3 is 1. The molecule has 0 saturated carbocycles. The van der Waals surface area contributed by atoms with E-state index in [1.807, 2.05) is 0 Å². The number of nitrogens with zero attached hydrogens (tertiary/aromatic N) is 1. The monoisotopic (exact) mass is 585 g/mol. The van der Waals surface area contributed by atoms with E-state index >= 15 is 0 Å². The molecule has 0 aliphatic carbocycles. The second kappa shape index (κ2) is 14.4. The molecule has 4 rings (SSSR count). The average Bonchev–Trinajstić information content (AvgIpc) is 2.95. The van der Waals surface area contributed by atoms with Gasteiger partial charge in [0.15, 0.2) is 0 Å². The number of hydrogen-bond acceptors (Lipinski definition) is 6. The summed E-state index contributed by atoms with van der Waals surface area (Å²) >= 11 is 0. The van der Waals surface area contributed by atoms with Gasteiger partial charge in [-0.1, -0.05) is 18.6 Å². The van der Waals surface area contributed by atoms with Crippen molar-refractivity contribution >= 4 is 34.7 Å². The molecule has 3 aromatic carbocycles. The molecule has 224 valence electrons. The van der Waals surface area contributed by atoms with Crippen LogP contribution in [0.15, 0.2) is 66.7 Å². The highest BCUT2D eigenvalue weighted by Gasteiger charge is 2.31. The van der Waals surface area contributed by atoms with Gasteiger partial charge >= 0.3 is 12.4 Å². The summed E-state index contributed by atoms with van der Waals surface area (Å²) in [5.74, 6) is -0.279. The quantitative estimate of drug-likeness (QED) is 0.190. The maximum absolute atomic E-state index is 12.7. The molecule has 42 heavy (non-hydrogen) atoms. The zero-order chi connectivity index (χ0) is 30.0. The first-order chi connectivity index (χ1) is 20.2. The maximum atomic E-state index is 12.7. The molecule has 0 aromatic heterocycles. The molecule has 3 amide bonds. The highest BCUT2D eigenvalue weighted by Crippen LogP contribution is 2.28. The molecular formula is C30H34F3N5O4. The SMILES string of the molecule is COc1cc(NC(=O)Nc2cccc(Nc3cccc(OC(F)(F)F)c3)c2)ccc1C(=O)NCCCN1CCCCC1. The maximum Gasteiger partial charge on any atom is 0.573 e. The fourth-order valence-corrected chi connectivity index (χ4v) is 4.65. The highest BCUT2D eigenvalue weighted by molar-refractivity contribution is 6.01. The van der Waals surface area contributed by atoms with Gasteiger partial charge in [-0.25, -0.2) is 4.79 Å². The van der Waals surface area contributed by atoms with Crippen molar-refractivity contribution in [2.45, 2.75) is 32.0 Å². The van der Waals surface area contributed by atoms with E-state index in [0.717, 1.165) is 26.1 Å². The Morgan fingerprint density at radius 1 is 0.857 bits per heavy atom. The minimum absolute atomic E-state index is 0.249. The topological polar surface area (TPSA) is 104 Å². The number of piperidine rings is 1. The molecule has 1 aliphatic heterocycles. The smallest absolute Gasteiger partial charge is 0.496 e. The van der Waals surface area contributed by atoms with Gasteiger partial charge in [0, 0.05) is 41.4 Å². The number of anilines is 4. The van der Waals surface area contributed by atoms with Gasteiger partial charge in [-0.05, 0) is 81.4 Å². The van der Waals surface area contributed by atoms with Crippen molar-refractivity contribution in [3.63, 3.8) is 0 Å². The standard InChI is InChI=1S/C30H34F3N5O4/c1-41-27-20-24(12-13-26(27)28(39)34-14-7-17-38-15-3-2-4-16-38)37-29(40)36-22-9-5-8-21(18-22)35-23-10-6-11-25(19-23)42-30(31,32)33/h5-6,8-13,18-20,35H,2-4,7,14-17H2,1H3,(H,34,39)(H2,36,37,40). The number of likely N-dealkylation sites (tertiary alicyclic amines) is 1. The van der Waals surface area contributed by atoms with Gasteiger partial charge in [0.25, 0.3) is 5.91 Å². The van der Waals surface area contributed by atoms with Gasteiger partial charge in [0.1, 0.15) is 11.5 Å². The molecule has 9 nitrogen and oxygen atoms in total. The van der Waals surface area contributed by atoms with Crippen LogP contribution in [0.1, 0.15) is 36.0 Å². The Morgan fingerprint density at radius 3 is 2.24 bits per heavy atom. The Kier molecular flexibility index (Phi) is 10.5. The summed E-state index contributed by atoms with van der Waals surface area (Å²) < 4.78 is 46.9. The lowest BCUT2D eigenvalue weighted by Crippen LogP contribution is -2.33. The van der Waals surface area contributed by atoms with Crippen LogP contribution in [-0.4, -0.2) is 56.5 Å². The normalized spacial score (nSPS) is 13.6. The number of rotatable bonds is 11. The number of alkyl halides is 3. The number of carbonyl (C=O) groups excluding carboxylic acids is 2. The lowest BCUT2D eigenvalue weighted by Gasteiger charge is -2.26. The number of ether oxygens (including phenoxy) is 2. The molecule has 12 heteroatoms. The van der Waals surface area contributed by atoms with Crippen LogP contribution in [0.4, 0.5) is 40.7 Å². The molecule has 1 fully saturated rings. The summed E-state index contributed by atoms with van der Waals surface area (Å²) in [6, 6.07) is 16.3. The van der Waals surface area contributed by atoms with Gasteiger partial charge in [0.05, 0.1) is 12.7 Å². The van der Waals surface area contributed by atoms with E-state index in [4.69, 9.17) is 4.74 Å². The van der Waals surface area contributed by atoms with E-state index in [-0.39, 0.29) is 11.7 Å². The largest absolute Gasteiger partial charge is 0.573 e. The molecule has 1 heterocycles. The second-order valence-electron chi connectivity index (χ2n) is 9.79. The summed E-state index contributed by atoms with van der Waals surface area (Å²) in [6.07, 6.45) is -0.181. The summed E-state index contributed by atoms with van der Waals surface area (Å²) in [4.78, 5) is 27.8. The predicted octanol–water partition coefficient (Wildman–Crippen LogP) is 6.59. The van der Waals surface area contributed by atoms with E-state index in [0.29, 0.717) is 40.6 Å². The van der Waals surface area contributed by atoms with Gasteiger partial charge in [-0.15, -0.1) is 13.2 Å². The average molecular weight is 586 g/mol. The number of urea groups is 1. The number of nitrogens with one attached hydrogen (secondary N) is 4. The number of carbonyl (C=O) groups is 2. The van der Waals surface area contributed by atoms with Crippen LogP contribution in [0.3, 0.4) is 0 Å². The van der Waals surface area contributed by atoms with Crippen molar-refractivity contribution in [3.05, 3.63) is 72.3 Å². The van der Waals surface area contributed by atoms with Crippen LogP contribution < -0.4 is 30.7 Å². The van der Waals surface area contributed by atoms with E-state index in [9.17, 15) is 22.8 Å². The lowest BCUT2D eigenvalue weighted by molar-refractivity contribution is -0.274. The van der Waals surface area contributed by atoms with Gasteiger partial charge in [-0.3, -0.25) is 4.79 Å². The molecule has 4 N–H and O–H groups in total. The van der Waals surface area contributed by atoms with E-state index < -0.39 is 12.4 Å². The zero-order valence-corrected chi connectivity index (χ0v) is 23.2. The fourth-order valence-electron chi connectivity index (χ4n) is 4.65. The van der Waals surface area contributed by atoms with Crippen LogP contribution in [-0.2, 0) is 0 Å².